The molecule has 1 aliphatic rings. The Kier molecular flexibility index (Phi) is 6.14. The highest BCUT2D eigenvalue weighted by atomic mass is 15.0. The highest BCUT2D eigenvalue weighted by Crippen LogP contribution is 2.49. The van der Waals surface area contributed by atoms with Crippen molar-refractivity contribution in [1.29, 1.82) is 0 Å². The van der Waals surface area contributed by atoms with Crippen LogP contribution in [0.5, 0.6) is 0 Å². The van der Waals surface area contributed by atoms with Crippen LogP contribution in [0.3, 0.4) is 0 Å². The van der Waals surface area contributed by atoms with Gasteiger partial charge in [0.1, 0.15) is 0 Å². The van der Waals surface area contributed by atoms with Gasteiger partial charge in [-0.25, -0.2) is 15.0 Å². The van der Waals surface area contributed by atoms with Gasteiger partial charge in [0.05, 0.1) is 0 Å². The Bertz CT molecular complexity index is 2310. The summed E-state index contributed by atoms with van der Waals surface area (Å²) in [5, 5.41) is 2.55. The van der Waals surface area contributed by atoms with Crippen LogP contribution in [0.15, 0.2) is 164 Å². The molecular formula is C43H27N3. The first-order valence-corrected chi connectivity index (χ1v) is 15.5. The van der Waals surface area contributed by atoms with Gasteiger partial charge in [-0.15, -0.1) is 0 Å². The topological polar surface area (TPSA) is 38.7 Å². The molecule has 0 bridgehead atoms. The van der Waals surface area contributed by atoms with Crippen LogP contribution in [0.4, 0.5) is 0 Å². The molecule has 8 aromatic rings. The minimum atomic E-state index is 0.644. The molecule has 7 aromatic carbocycles. The predicted molar refractivity (Wildman–Crippen MR) is 189 cm³/mol. The summed E-state index contributed by atoms with van der Waals surface area (Å²) in [6, 6.07) is 57.5. The Hall–Kier alpha value is -6.19. The average Bonchev–Trinajstić information content (AvgIpc) is 3.47. The third-order valence-corrected chi connectivity index (χ3v) is 8.86. The van der Waals surface area contributed by atoms with Gasteiger partial charge < -0.3 is 0 Å². The molecule has 0 fully saturated rings. The van der Waals surface area contributed by atoms with Crippen LogP contribution in [0.25, 0.3) is 89.4 Å². The fourth-order valence-corrected chi connectivity index (χ4v) is 6.71. The van der Waals surface area contributed by atoms with Gasteiger partial charge in [0.2, 0.25) is 0 Å². The molecule has 0 unspecified atom stereocenters. The third-order valence-electron chi connectivity index (χ3n) is 8.86. The summed E-state index contributed by atoms with van der Waals surface area (Å²) in [6.45, 7) is 0. The first kappa shape index (κ1) is 26.2. The quantitative estimate of drug-likeness (QED) is 0.202. The molecule has 3 heteroatoms. The Morgan fingerprint density at radius 1 is 0.261 bits per heavy atom. The number of aromatic nitrogens is 3. The second kappa shape index (κ2) is 10.8. The fourth-order valence-electron chi connectivity index (χ4n) is 6.71. The van der Waals surface area contributed by atoms with Crippen molar-refractivity contribution in [2.24, 2.45) is 0 Å². The molecule has 0 amide bonds. The molecule has 1 aliphatic carbocycles. The average molecular weight is 586 g/mol. The summed E-state index contributed by atoms with van der Waals surface area (Å²) in [6.07, 6.45) is 0. The van der Waals surface area contributed by atoms with Crippen LogP contribution in [0, 0.1) is 0 Å². The summed E-state index contributed by atoms with van der Waals surface area (Å²) in [4.78, 5) is 15.1. The second-order valence-corrected chi connectivity index (χ2v) is 11.6. The van der Waals surface area contributed by atoms with Crippen LogP contribution in [0.1, 0.15) is 0 Å². The molecule has 0 spiro atoms. The summed E-state index contributed by atoms with van der Waals surface area (Å²) < 4.78 is 0. The Morgan fingerprint density at radius 2 is 0.696 bits per heavy atom. The van der Waals surface area contributed by atoms with Crippen LogP contribution < -0.4 is 0 Å². The number of hydrogen-bond donors (Lipinski definition) is 0. The standard InChI is InChI=1S/C43H27N3/c1-4-13-28(14-5-1)31-25-32(34-23-24-39-36-20-11-10-19-35(36)38-22-12-21-37(34)40(38)39)27-33(26-31)43-45-41(29-15-6-2-7-16-29)44-42(46-43)30-17-8-3-9-18-30/h1-27H. The molecule has 214 valence electrons. The molecule has 0 saturated heterocycles. The maximum atomic E-state index is 5.07. The van der Waals surface area contributed by atoms with Gasteiger partial charge in [-0.05, 0) is 73.5 Å². The molecule has 0 saturated carbocycles. The van der Waals surface area contributed by atoms with E-state index in [9.17, 15) is 0 Å². The van der Waals surface area contributed by atoms with Gasteiger partial charge in [0.25, 0.3) is 0 Å². The summed E-state index contributed by atoms with van der Waals surface area (Å²) in [5.41, 5.74) is 12.6. The lowest BCUT2D eigenvalue weighted by Crippen LogP contribution is -2.00. The molecular weight excluding hydrogens is 558 g/mol. The second-order valence-electron chi connectivity index (χ2n) is 11.6. The van der Waals surface area contributed by atoms with Crippen molar-refractivity contribution in [3.05, 3.63) is 164 Å². The highest BCUT2D eigenvalue weighted by molar-refractivity contribution is 6.18. The smallest absolute Gasteiger partial charge is 0.164 e. The number of fused-ring (bicyclic) bond motifs is 3. The van der Waals surface area contributed by atoms with Gasteiger partial charge in [0.15, 0.2) is 17.5 Å². The normalized spacial score (nSPS) is 11.5. The molecule has 1 heterocycles. The van der Waals surface area contributed by atoms with Crippen molar-refractivity contribution in [3.63, 3.8) is 0 Å². The Labute approximate surface area is 267 Å². The van der Waals surface area contributed by atoms with Crippen molar-refractivity contribution in [3.8, 4) is 78.7 Å². The van der Waals surface area contributed by atoms with E-state index < -0.39 is 0 Å². The number of rotatable bonds is 5. The van der Waals surface area contributed by atoms with Gasteiger partial charge in [-0.1, -0.05) is 146 Å². The lowest BCUT2D eigenvalue weighted by Gasteiger charge is -2.14. The number of benzene rings is 7. The number of nitrogens with zero attached hydrogens (tertiary/aromatic N) is 3. The minimum Gasteiger partial charge on any atom is -0.208 e. The summed E-state index contributed by atoms with van der Waals surface area (Å²) in [5.74, 6) is 1.95. The summed E-state index contributed by atoms with van der Waals surface area (Å²) >= 11 is 0. The maximum absolute atomic E-state index is 5.07. The van der Waals surface area contributed by atoms with Crippen molar-refractivity contribution in [2.75, 3.05) is 0 Å². The minimum absolute atomic E-state index is 0.644. The summed E-state index contributed by atoms with van der Waals surface area (Å²) in [7, 11) is 0. The molecule has 1 aromatic heterocycles. The van der Waals surface area contributed by atoms with E-state index in [1.54, 1.807) is 0 Å². The molecule has 0 atom stereocenters. The van der Waals surface area contributed by atoms with Crippen LogP contribution in [-0.2, 0) is 0 Å². The monoisotopic (exact) mass is 585 g/mol. The van der Waals surface area contributed by atoms with E-state index in [0.29, 0.717) is 17.5 Å². The van der Waals surface area contributed by atoms with Gasteiger partial charge in [-0.2, -0.15) is 0 Å². The molecule has 0 N–H and O–H groups in total. The molecule has 3 nitrogen and oxygen atoms in total. The third kappa shape index (κ3) is 4.41. The van der Waals surface area contributed by atoms with Crippen LogP contribution in [0.2, 0.25) is 0 Å². The number of hydrogen-bond acceptors (Lipinski definition) is 3. The van der Waals surface area contributed by atoms with Crippen LogP contribution in [-0.4, -0.2) is 15.0 Å². The Morgan fingerprint density at radius 3 is 1.30 bits per heavy atom. The highest BCUT2D eigenvalue weighted by Gasteiger charge is 2.23. The van der Waals surface area contributed by atoms with Crippen molar-refractivity contribution in [1.82, 2.24) is 15.0 Å². The van der Waals surface area contributed by atoms with Crippen LogP contribution >= 0.6 is 0 Å². The first-order chi connectivity index (χ1) is 22.8. The van der Waals surface area contributed by atoms with E-state index in [4.69, 9.17) is 15.0 Å². The lowest BCUT2D eigenvalue weighted by atomic mass is 9.91. The van der Waals surface area contributed by atoms with Crippen molar-refractivity contribution in [2.45, 2.75) is 0 Å². The zero-order valence-electron chi connectivity index (χ0n) is 24.9. The molecule has 0 radical (unpaired) electrons. The van der Waals surface area contributed by atoms with E-state index in [-0.39, 0.29) is 0 Å². The van der Waals surface area contributed by atoms with E-state index in [0.717, 1.165) is 33.4 Å². The largest absolute Gasteiger partial charge is 0.208 e. The van der Waals surface area contributed by atoms with Crippen molar-refractivity contribution >= 4 is 10.8 Å². The van der Waals surface area contributed by atoms with Gasteiger partial charge in [0, 0.05) is 16.7 Å². The molecule has 9 rings (SSSR count). The van der Waals surface area contributed by atoms with E-state index in [1.165, 1.54) is 38.6 Å². The maximum Gasteiger partial charge on any atom is 0.164 e. The van der Waals surface area contributed by atoms with E-state index in [1.807, 2.05) is 60.7 Å². The SMILES string of the molecule is c1ccc(-c2cc(-c3nc(-c4ccccc4)nc(-c4ccccc4)n3)cc(-c3ccc4c5c(cccc35)-c3ccccc3-4)c2)cc1. The first-order valence-electron chi connectivity index (χ1n) is 15.5. The van der Waals surface area contributed by atoms with Crippen molar-refractivity contribution < 1.29 is 0 Å². The zero-order valence-corrected chi connectivity index (χ0v) is 24.9. The fraction of sp³-hybridized carbons (Fsp3) is 0. The van der Waals surface area contributed by atoms with E-state index in [2.05, 4.69) is 103 Å². The zero-order chi connectivity index (χ0) is 30.5. The molecule has 46 heavy (non-hydrogen) atoms. The Balaban J connectivity index is 1.29. The lowest BCUT2D eigenvalue weighted by molar-refractivity contribution is 1.07. The van der Waals surface area contributed by atoms with E-state index >= 15 is 0 Å². The molecule has 0 aliphatic heterocycles. The predicted octanol–water partition coefficient (Wildman–Crippen LogP) is 11.0. The van der Waals surface area contributed by atoms with Gasteiger partial charge in [-0.3, -0.25) is 0 Å². The van der Waals surface area contributed by atoms with Gasteiger partial charge >= 0.3 is 0 Å².